The van der Waals surface area contributed by atoms with E-state index in [0.29, 0.717) is 35.9 Å². The van der Waals surface area contributed by atoms with Crippen LogP contribution in [0.4, 0.5) is 0 Å². The third kappa shape index (κ3) is 5.86. The van der Waals surface area contributed by atoms with Crippen LogP contribution in [0.25, 0.3) is 11.0 Å². The summed E-state index contributed by atoms with van der Waals surface area (Å²) in [7, 11) is -1.80. The molecule has 1 aliphatic heterocycles. The Labute approximate surface area is 215 Å². The number of aryl methyl sites for hydroxylation is 2. The van der Waals surface area contributed by atoms with E-state index in [0.717, 1.165) is 11.1 Å². The zero-order chi connectivity index (χ0) is 26.6. The molecule has 1 amide bonds. The van der Waals surface area contributed by atoms with Crippen LogP contribution in [-0.2, 0) is 44.4 Å². The average Bonchev–Trinajstić information content (AvgIpc) is 3.48. The Morgan fingerprint density at radius 1 is 1.11 bits per heavy atom. The van der Waals surface area contributed by atoms with Crippen molar-refractivity contribution in [2.45, 2.75) is 38.1 Å². The first kappa shape index (κ1) is 26.4. The fraction of sp³-hybridized carbons (Fsp3) is 0.400. The van der Waals surface area contributed by atoms with Crippen LogP contribution in [0.1, 0.15) is 31.7 Å². The van der Waals surface area contributed by atoms with Gasteiger partial charge in [0.15, 0.2) is 18.1 Å². The maximum Gasteiger partial charge on any atom is 0.306 e. The van der Waals surface area contributed by atoms with Crippen LogP contribution in [-0.4, -0.2) is 60.6 Å². The Hall–Kier alpha value is -3.64. The lowest BCUT2D eigenvalue weighted by Gasteiger charge is -2.18. The summed E-state index contributed by atoms with van der Waals surface area (Å²) in [5.41, 5.74) is 2.12. The number of hydrogen-bond acceptors (Lipinski definition) is 8. The second-order valence-electron chi connectivity index (χ2n) is 8.45. The molecule has 1 aromatic heterocycles. The number of benzene rings is 2. The molecule has 0 bridgehead atoms. The second kappa shape index (κ2) is 11.2. The third-order valence-electron chi connectivity index (χ3n) is 6.13. The zero-order valence-electron chi connectivity index (χ0n) is 21.0. The van der Waals surface area contributed by atoms with Gasteiger partial charge in [-0.25, -0.2) is 13.4 Å². The number of nitrogens with one attached hydrogen (secondary N) is 1. The van der Waals surface area contributed by atoms with E-state index in [9.17, 15) is 18.0 Å². The quantitative estimate of drug-likeness (QED) is 0.373. The Balaban J connectivity index is 1.29. The second-order valence-corrected chi connectivity index (χ2v) is 10.4. The molecule has 0 radical (unpaired) electrons. The number of nitrogens with zero attached hydrogens (tertiary/aromatic N) is 3. The number of sulfonamides is 1. The van der Waals surface area contributed by atoms with Gasteiger partial charge in [0.2, 0.25) is 16.8 Å². The largest absolute Gasteiger partial charge is 0.456 e. The number of rotatable bonds is 11. The molecular weight excluding hydrogens is 500 g/mol. The van der Waals surface area contributed by atoms with Gasteiger partial charge in [-0.2, -0.15) is 4.31 Å². The van der Waals surface area contributed by atoms with E-state index in [-0.39, 0.29) is 31.1 Å². The predicted molar refractivity (Wildman–Crippen MR) is 135 cm³/mol. The van der Waals surface area contributed by atoms with Crippen LogP contribution < -0.4 is 14.8 Å². The van der Waals surface area contributed by atoms with E-state index in [2.05, 4.69) is 10.3 Å². The number of carbonyl (C=O) groups excluding carboxylic acids is 2. The topological polar surface area (TPSA) is 129 Å². The minimum absolute atomic E-state index is 0.0250. The van der Waals surface area contributed by atoms with Crippen molar-refractivity contribution in [2.75, 3.05) is 26.5 Å². The number of amides is 1. The molecule has 1 N–H and O–H groups in total. The maximum atomic E-state index is 12.8. The highest BCUT2D eigenvalue weighted by atomic mass is 32.2. The van der Waals surface area contributed by atoms with Gasteiger partial charge in [-0.3, -0.25) is 9.59 Å². The number of esters is 1. The number of imidazole rings is 1. The summed E-state index contributed by atoms with van der Waals surface area (Å²) in [6, 6.07) is 10.2. The molecule has 0 atom stereocenters. The molecule has 0 unspecified atom stereocenters. The highest BCUT2D eigenvalue weighted by Gasteiger charge is 2.23. The fourth-order valence-corrected chi connectivity index (χ4v) is 5.54. The standard InChI is InChI=1S/C25H30N4O7S/c1-4-29(5-2)37(32,33)18-7-8-20-19(13-18)27-23(28(20)3)10-11-25(31)34-15-24(30)26-14-17-6-9-21-22(12-17)36-16-35-21/h6-9,12-13H,4-5,10-11,14-16H2,1-3H3,(H,26,30). The minimum Gasteiger partial charge on any atom is -0.456 e. The van der Waals surface area contributed by atoms with E-state index < -0.39 is 28.5 Å². The van der Waals surface area contributed by atoms with Crippen LogP contribution in [0.2, 0.25) is 0 Å². The highest BCUT2D eigenvalue weighted by Crippen LogP contribution is 2.32. The molecule has 4 rings (SSSR count). The maximum absolute atomic E-state index is 12.8. The summed E-state index contributed by atoms with van der Waals surface area (Å²) in [6.07, 6.45) is 0.304. The molecule has 37 heavy (non-hydrogen) atoms. The predicted octanol–water partition coefficient (Wildman–Crippen LogP) is 2.12. The number of aromatic nitrogens is 2. The summed E-state index contributed by atoms with van der Waals surface area (Å²) in [6.45, 7) is 4.39. The molecule has 0 spiro atoms. The molecule has 0 saturated heterocycles. The summed E-state index contributed by atoms with van der Waals surface area (Å²) in [5.74, 6) is 0.943. The van der Waals surface area contributed by atoms with Gasteiger partial charge in [0.1, 0.15) is 5.82 Å². The molecular formula is C25H30N4O7S. The van der Waals surface area contributed by atoms with E-state index in [1.165, 1.54) is 4.31 Å². The smallest absolute Gasteiger partial charge is 0.306 e. The molecule has 0 saturated carbocycles. The van der Waals surface area contributed by atoms with Crippen molar-refractivity contribution in [3.05, 3.63) is 47.8 Å². The Morgan fingerprint density at radius 2 is 1.86 bits per heavy atom. The monoisotopic (exact) mass is 530 g/mol. The first-order chi connectivity index (χ1) is 17.7. The van der Waals surface area contributed by atoms with Gasteiger partial charge in [0.25, 0.3) is 5.91 Å². The Morgan fingerprint density at radius 3 is 2.62 bits per heavy atom. The first-order valence-corrected chi connectivity index (χ1v) is 13.4. The molecule has 198 valence electrons. The van der Waals surface area contributed by atoms with Gasteiger partial charge in [0.05, 0.1) is 22.3 Å². The van der Waals surface area contributed by atoms with Crippen LogP contribution in [0, 0.1) is 0 Å². The Bertz CT molecular complexity index is 1410. The summed E-state index contributed by atoms with van der Waals surface area (Å²) in [5, 5.41) is 2.70. The van der Waals surface area contributed by atoms with Gasteiger partial charge in [-0.15, -0.1) is 0 Å². The van der Waals surface area contributed by atoms with Gasteiger partial charge in [0, 0.05) is 33.1 Å². The number of carbonyl (C=O) groups is 2. The number of ether oxygens (including phenoxy) is 3. The van der Waals surface area contributed by atoms with Crippen molar-refractivity contribution >= 4 is 32.9 Å². The molecule has 2 heterocycles. The van der Waals surface area contributed by atoms with Crippen molar-refractivity contribution in [3.8, 4) is 11.5 Å². The fourth-order valence-electron chi connectivity index (χ4n) is 4.06. The molecule has 1 aliphatic rings. The molecule has 0 fully saturated rings. The van der Waals surface area contributed by atoms with Crippen LogP contribution in [0.3, 0.4) is 0 Å². The van der Waals surface area contributed by atoms with Crippen LogP contribution >= 0.6 is 0 Å². The van der Waals surface area contributed by atoms with Crippen LogP contribution in [0.15, 0.2) is 41.3 Å². The van der Waals surface area contributed by atoms with Crippen molar-refractivity contribution in [2.24, 2.45) is 7.05 Å². The zero-order valence-corrected chi connectivity index (χ0v) is 21.8. The van der Waals surface area contributed by atoms with Crippen molar-refractivity contribution in [3.63, 3.8) is 0 Å². The highest BCUT2D eigenvalue weighted by molar-refractivity contribution is 7.89. The van der Waals surface area contributed by atoms with Crippen molar-refractivity contribution in [1.29, 1.82) is 0 Å². The molecule has 3 aromatic rings. The lowest BCUT2D eigenvalue weighted by atomic mass is 10.2. The summed E-state index contributed by atoms with van der Waals surface area (Å²) in [4.78, 5) is 29.0. The van der Waals surface area contributed by atoms with E-state index in [4.69, 9.17) is 14.2 Å². The summed E-state index contributed by atoms with van der Waals surface area (Å²) < 4.78 is 44.5. The van der Waals surface area contributed by atoms with Crippen molar-refractivity contribution < 1.29 is 32.2 Å². The van der Waals surface area contributed by atoms with E-state index >= 15 is 0 Å². The van der Waals surface area contributed by atoms with Gasteiger partial charge in [-0.1, -0.05) is 19.9 Å². The first-order valence-electron chi connectivity index (χ1n) is 12.0. The van der Waals surface area contributed by atoms with Crippen LogP contribution in [0.5, 0.6) is 11.5 Å². The minimum atomic E-state index is -3.60. The molecule has 0 aliphatic carbocycles. The third-order valence-corrected chi connectivity index (χ3v) is 8.18. The lowest BCUT2D eigenvalue weighted by Crippen LogP contribution is -2.30. The normalized spacial score (nSPS) is 12.8. The van der Waals surface area contributed by atoms with Gasteiger partial charge >= 0.3 is 5.97 Å². The van der Waals surface area contributed by atoms with Gasteiger partial charge < -0.3 is 24.1 Å². The van der Waals surface area contributed by atoms with E-state index in [1.807, 2.05) is 10.6 Å². The SMILES string of the molecule is CCN(CC)S(=O)(=O)c1ccc2c(c1)nc(CCC(=O)OCC(=O)NCc1ccc3c(c1)OCO3)n2C. The number of hydrogen-bond donors (Lipinski definition) is 1. The lowest BCUT2D eigenvalue weighted by molar-refractivity contribution is -0.148. The molecule has 12 heteroatoms. The average molecular weight is 531 g/mol. The Kier molecular flexibility index (Phi) is 7.98. The van der Waals surface area contributed by atoms with E-state index in [1.54, 1.807) is 51.2 Å². The molecule has 11 nitrogen and oxygen atoms in total. The summed E-state index contributed by atoms with van der Waals surface area (Å²) >= 11 is 0. The molecule has 2 aromatic carbocycles. The number of fused-ring (bicyclic) bond motifs is 2. The van der Waals surface area contributed by atoms with Gasteiger partial charge in [-0.05, 0) is 35.9 Å². The van der Waals surface area contributed by atoms with Crippen molar-refractivity contribution in [1.82, 2.24) is 19.2 Å².